The highest BCUT2D eigenvalue weighted by Gasteiger charge is 2.35. The monoisotopic (exact) mass is 297 g/mol. The number of hydrogen-bond donors (Lipinski definition) is 2. The summed E-state index contributed by atoms with van der Waals surface area (Å²) in [6, 6.07) is 2.08. The summed E-state index contributed by atoms with van der Waals surface area (Å²) < 4.78 is 5.04. The van der Waals surface area contributed by atoms with Crippen molar-refractivity contribution in [3.8, 4) is 0 Å². The number of thiophene rings is 1. The second-order valence-corrected chi connectivity index (χ2v) is 6.27. The van der Waals surface area contributed by atoms with E-state index in [1.807, 2.05) is 6.92 Å². The van der Waals surface area contributed by atoms with Crippen LogP contribution >= 0.6 is 11.3 Å². The Labute approximate surface area is 124 Å². The maximum atomic E-state index is 11.7. The van der Waals surface area contributed by atoms with Gasteiger partial charge in [0.2, 0.25) is 0 Å². The molecule has 0 aromatic carbocycles. The van der Waals surface area contributed by atoms with Gasteiger partial charge in [0.05, 0.1) is 18.1 Å². The van der Waals surface area contributed by atoms with Crippen molar-refractivity contribution < 1.29 is 14.6 Å². The number of carbonyl (C=O) groups excluding carboxylic acids is 1. The van der Waals surface area contributed by atoms with E-state index in [4.69, 9.17) is 4.74 Å². The third-order valence-corrected chi connectivity index (χ3v) is 4.63. The van der Waals surface area contributed by atoms with Crippen LogP contribution in [0.3, 0.4) is 0 Å². The van der Waals surface area contributed by atoms with Gasteiger partial charge in [0.25, 0.3) is 0 Å². The average molecular weight is 297 g/mol. The van der Waals surface area contributed by atoms with Gasteiger partial charge in [-0.25, -0.2) is 0 Å². The molecule has 2 rings (SSSR count). The van der Waals surface area contributed by atoms with Crippen LogP contribution in [-0.2, 0) is 16.1 Å². The maximum Gasteiger partial charge on any atom is 0.308 e. The second kappa shape index (κ2) is 7.20. The molecule has 1 aliphatic carbocycles. The van der Waals surface area contributed by atoms with E-state index in [1.165, 1.54) is 5.56 Å². The molecule has 112 valence electrons. The third-order valence-electron chi connectivity index (χ3n) is 3.90. The minimum atomic E-state index is -0.682. The van der Waals surface area contributed by atoms with Crippen LogP contribution in [-0.4, -0.2) is 29.8 Å². The van der Waals surface area contributed by atoms with E-state index in [1.54, 1.807) is 11.3 Å². The van der Waals surface area contributed by atoms with Gasteiger partial charge in [0.1, 0.15) is 0 Å². The van der Waals surface area contributed by atoms with Crippen molar-refractivity contribution in [3.05, 3.63) is 22.4 Å². The Bertz CT molecular complexity index is 411. The number of ether oxygens (including phenoxy) is 1. The first-order valence-corrected chi connectivity index (χ1v) is 8.18. The number of rotatable bonds is 6. The Hall–Kier alpha value is -0.910. The molecule has 1 heterocycles. The number of esters is 1. The zero-order valence-corrected chi connectivity index (χ0v) is 12.7. The zero-order valence-electron chi connectivity index (χ0n) is 11.9. The molecule has 0 amide bonds. The molecule has 1 aliphatic rings. The van der Waals surface area contributed by atoms with Crippen molar-refractivity contribution in [2.24, 2.45) is 5.92 Å². The Morgan fingerprint density at radius 2 is 2.30 bits per heavy atom. The van der Waals surface area contributed by atoms with E-state index in [0.717, 1.165) is 19.4 Å². The molecule has 1 aromatic heterocycles. The molecule has 0 aliphatic heterocycles. The van der Waals surface area contributed by atoms with Gasteiger partial charge in [0, 0.05) is 13.1 Å². The van der Waals surface area contributed by atoms with Crippen LogP contribution in [0, 0.1) is 5.92 Å². The van der Waals surface area contributed by atoms with Crippen LogP contribution in [0.25, 0.3) is 0 Å². The first kappa shape index (κ1) is 15.5. The van der Waals surface area contributed by atoms with Crippen molar-refractivity contribution in [1.29, 1.82) is 0 Å². The molecular weight excluding hydrogens is 274 g/mol. The van der Waals surface area contributed by atoms with Gasteiger partial charge in [-0.3, -0.25) is 4.79 Å². The van der Waals surface area contributed by atoms with Crippen LogP contribution < -0.4 is 5.32 Å². The normalized spacial score (nSPS) is 26.4. The molecule has 0 atom stereocenters. The Kier molecular flexibility index (Phi) is 5.57. The van der Waals surface area contributed by atoms with Crippen LogP contribution in [0.15, 0.2) is 16.8 Å². The summed E-state index contributed by atoms with van der Waals surface area (Å²) in [4.78, 5) is 11.7. The van der Waals surface area contributed by atoms with E-state index in [9.17, 15) is 9.90 Å². The molecule has 0 bridgehead atoms. The summed E-state index contributed by atoms with van der Waals surface area (Å²) in [7, 11) is 0. The summed E-state index contributed by atoms with van der Waals surface area (Å²) in [5, 5.41) is 18.0. The molecule has 5 heteroatoms. The Morgan fingerprint density at radius 1 is 1.55 bits per heavy atom. The predicted molar refractivity (Wildman–Crippen MR) is 79.6 cm³/mol. The molecular formula is C15H23NO3S. The zero-order chi connectivity index (χ0) is 14.4. The highest BCUT2D eigenvalue weighted by atomic mass is 32.1. The summed E-state index contributed by atoms with van der Waals surface area (Å²) in [5.74, 6) is -0.145. The highest BCUT2D eigenvalue weighted by Crippen LogP contribution is 2.32. The number of nitrogens with one attached hydrogen (secondary N) is 1. The second-order valence-electron chi connectivity index (χ2n) is 5.49. The SMILES string of the molecule is CCOC(=O)C1CCC(O)(CNCc2ccsc2)CC1. The van der Waals surface area contributed by atoms with Gasteiger partial charge in [-0.05, 0) is 55.0 Å². The van der Waals surface area contributed by atoms with E-state index < -0.39 is 5.60 Å². The molecule has 2 N–H and O–H groups in total. The van der Waals surface area contributed by atoms with Crippen LogP contribution in [0.1, 0.15) is 38.2 Å². The number of hydrogen-bond acceptors (Lipinski definition) is 5. The van der Waals surface area contributed by atoms with Crippen LogP contribution in [0.4, 0.5) is 0 Å². The molecule has 1 fully saturated rings. The Balaban J connectivity index is 1.72. The first-order chi connectivity index (χ1) is 9.63. The maximum absolute atomic E-state index is 11.7. The van der Waals surface area contributed by atoms with Crippen LogP contribution in [0.2, 0.25) is 0 Å². The van der Waals surface area contributed by atoms with E-state index in [2.05, 4.69) is 22.1 Å². The lowest BCUT2D eigenvalue weighted by Crippen LogP contribution is -2.44. The molecule has 0 radical (unpaired) electrons. The van der Waals surface area contributed by atoms with Crippen LogP contribution in [0.5, 0.6) is 0 Å². The van der Waals surface area contributed by atoms with Gasteiger partial charge in [-0.1, -0.05) is 0 Å². The van der Waals surface area contributed by atoms with Crippen molar-refractivity contribution in [1.82, 2.24) is 5.32 Å². The molecule has 0 unspecified atom stereocenters. The average Bonchev–Trinajstić information content (AvgIpc) is 2.93. The lowest BCUT2D eigenvalue weighted by molar-refractivity contribution is -0.151. The quantitative estimate of drug-likeness (QED) is 0.791. The predicted octanol–water partition coefficient (Wildman–Crippen LogP) is 2.32. The molecule has 0 spiro atoms. The van der Waals surface area contributed by atoms with Gasteiger partial charge in [0.15, 0.2) is 0 Å². The van der Waals surface area contributed by atoms with Crippen molar-refractivity contribution in [2.45, 2.75) is 44.8 Å². The van der Waals surface area contributed by atoms with Crippen molar-refractivity contribution >= 4 is 17.3 Å². The standard InChI is InChI=1S/C15H23NO3S/c1-2-19-14(17)13-3-6-15(18,7-4-13)11-16-9-12-5-8-20-10-12/h5,8,10,13,16,18H,2-4,6-7,9,11H2,1H3. The molecule has 1 aromatic rings. The minimum absolute atomic E-state index is 0.0351. The fourth-order valence-electron chi connectivity index (χ4n) is 2.66. The van der Waals surface area contributed by atoms with Gasteiger partial charge in [-0.2, -0.15) is 11.3 Å². The van der Waals surface area contributed by atoms with Gasteiger partial charge in [-0.15, -0.1) is 0 Å². The van der Waals surface area contributed by atoms with E-state index in [0.29, 0.717) is 26.0 Å². The third kappa shape index (κ3) is 4.30. The lowest BCUT2D eigenvalue weighted by Gasteiger charge is -2.35. The fourth-order valence-corrected chi connectivity index (χ4v) is 3.33. The summed E-state index contributed by atoms with van der Waals surface area (Å²) in [6.45, 7) is 3.62. The minimum Gasteiger partial charge on any atom is -0.466 e. The van der Waals surface area contributed by atoms with E-state index in [-0.39, 0.29) is 11.9 Å². The lowest BCUT2D eigenvalue weighted by atomic mass is 9.79. The molecule has 4 nitrogen and oxygen atoms in total. The molecule has 1 saturated carbocycles. The van der Waals surface area contributed by atoms with Crippen molar-refractivity contribution in [2.75, 3.05) is 13.2 Å². The smallest absolute Gasteiger partial charge is 0.308 e. The highest BCUT2D eigenvalue weighted by molar-refractivity contribution is 7.07. The van der Waals surface area contributed by atoms with Gasteiger partial charge < -0.3 is 15.2 Å². The summed E-state index contributed by atoms with van der Waals surface area (Å²) in [5.41, 5.74) is 0.567. The topological polar surface area (TPSA) is 58.6 Å². The molecule has 20 heavy (non-hydrogen) atoms. The Morgan fingerprint density at radius 3 is 2.90 bits per heavy atom. The van der Waals surface area contributed by atoms with Gasteiger partial charge >= 0.3 is 5.97 Å². The first-order valence-electron chi connectivity index (χ1n) is 7.24. The summed E-state index contributed by atoms with van der Waals surface area (Å²) >= 11 is 1.68. The van der Waals surface area contributed by atoms with E-state index >= 15 is 0 Å². The number of carbonyl (C=O) groups is 1. The fraction of sp³-hybridized carbons (Fsp3) is 0.667. The van der Waals surface area contributed by atoms with Crippen molar-refractivity contribution in [3.63, 3.8) is 0 Å². The molecule has 0 saturated heterocycles. The summed E-state index contributed by atoms with van der Waals surface area (Å²) in [6.07, 6.45) is 2.76. The largest absolute Gasteiger partial charge is 0.466 e. The number of aliphatic hydroxyl groups is 1.